The maximum Gasteiger partial charge on any atom is 0.315 e. The van der Waals surface area contributed by atoms with Crippen molar-refractivity contribution in [2.75, 3.05) is 11.9 Å². The molecule has 1 aliphatic heterocycles. The first kappa shape index (κ1) is 23.2. The van der Waals surface area contributed by atoms with E-state index in [0.717, 1.165) is 5.56 Å². The first-order valence-corrected chi connectivity index (χ1v) is 8.99. The largest absolute Gasteiger partial charge is 0.334 e. The van der Waals surface area contributed by atoms with Crippen LogP contribution in [0.2, 0.25) is 0 Å². The maximum atomic E-state index is 14.7. The molecule has 0 fully saturated rings. The number of carbonyl (C=O) groups is 2. The zero-order valence-corrected chi connectivity index (χ0v) is 17.3. The molecule has 0 aromatic heterocycles. The highest BCUT2D eigenvalue weighted by Crippen LogP contribution is 2.25. The van der Waals surface area contributed by atoms with Crippen LogP contribution in [0.3, 0.4) is 0 Å². The lowest BCUT2D eigenvalue weighted by molar-refractivity contribution is -0.118. The molecule has 0 saturated heterocycles. The first-order chi connectivity index (χ1) is 12.1. The van der Waals surface area contributed by atoms with Gasteiger partial charge in [-0.15, -0.1) is 12.4 Å². The summed E-state index contributed by atoms with van der Waals surface area (Å²) in [4.78, 5) is 24.7. The van der Waals surface area contributed by atoms with E-state index in [0.29, 0.717) is 25.1 Å². The zero-order chi connectivity index (χ0) is 19.5. The van der Waals surface area contributed by atoms with Gasteiger partial charge in [-0.25, -0.2) is 9.18 Å². The number of amides is 3. The van der Waals surface area contributed by atoms with Gasteiger partial charge in [-0.05, 0) is 56.8 Å². The average molecular weight is 401 g/mol. The Bertz CT molecular complexity index is 689. The minimum Gasteiger partial charge on any atom is -0.334 e. The van der Waals surface area contributed by atoms with Gasteiger partial charge in [-0.2, -0.15) is 0 Å². The van der Waals surface area contributed by atoms with Crippen molar-refractivity contribution in [3.8, 4) is 0 Å². The second kappa shape index (κ2) is 9.37. The van der Waals surface area contributed by atoms with Crippen LogP contribution in [0.25, 0.3) is 0 Å². The van der Waals surface area contributed by atoms with Crippen molar-refractivity contribution in [3.05, 3.63) is 29.1 Å². The van der Waals surface area contributed by atoms with Gasteiger partial charge < -0.3 is 21.3 Å². The maximum absolute atomic E-state index is 14.7. The highest BCUT2D eigenvalue weighted by molar-refractivity contribution is 5.97. The van der Waals surface area contributed by atoms with Crippen molar-refractivity contribution >= 4 is 30.0 Å². The summed E-state index contributed by atoms with van der Waals surface area (Å²) in [5, 5.41) is 11.3. The number of urea groups is 1. The van der Waals surface area contributed by atoms with Gasteiger partial charge in [0.1, 0.15) is 11.9 Å². The normalized spacial score (nSPS) is 14.6. The summed E-state index contributed by atoms with van der Waals surface area (Å²) in [5.74, 6) is -0.971. The van der Waals surface area contributed by atoms with Crippen molar-refractivity contribution in [1.29, 1.82) is 0 Å². The zero-order valence-electron chi connectivity index (χ0n) is 16.5. The molecule has 152 valence electrons. The van der Waals surface area contributed by atoms with Gasteiger partial charge in [0.05, 0.1) is 5.69 Å². The van der Waals surface area contributed by atoms with Crippen LogP contribution in [-0.2, 0) is 17.8 Å². The summed E-state index contributed by atoms with van der Waals surface area (Å²) in [5.41, 5.74) is 1.29. The fourth-order valence-corrected chi connectivity index (χ4v) is 2.89. The third-order valence-electron chi connectivity index (χ3n) is 4.19. The molecule has 2 rings (SSSR count). The molecule has 0 aliphatic carbocycles. The minimum atomic E-state index is -0.769. The van der Waals surface area contributed by atoms with E-state index < -0.39 is 23.5 Å². The van der Waals surface area contributed by atoms with Gasteiger partial charge in [-0.1, -0.05) is 19.9 Å². The molecule has 8 heteroatoms. The molecule has 1 aliphatic rings. The van der Waals surface area contributed by atoms with Gasteiger partial charge in [0, 0.05) is 12.1 Å². The molecule has 0 saturated carbocycles. The van der Waals surface area contributed by atoms with Crippen LogP contribution < -0.4 is 21.3 Å². The molecule has 6 nitrogen and oxygen atoms in total. The molecular formula is C19H30ClFN4O2. The number of benzene rings is 1. The Morgan fingerprint density at radius 1 is 1.22 bits per heavy atom. The van der Waals surface area contributed by atoms with Crippen LogP contribution in [0.4, 0.5) is 14.9 Å². The average Bonchev–Trinajstić information content (AvgIpc) is 2.53. The Labute approximate surface area is 166 Å². The quantitative estimate of drug-likeness (QED) is 0.627. The van der Waals surface area contributed by atoms with Crippen molar-refractivity contribution in [3.63, 3.8) is 0 Å². The molecule has 0 bridgehead atoms. The van der Waals surface area contributed by atoms with Crippen LogP contribution in [0, 0.1) is 11.7 Å². The van der Waals surface area contributed by atoms with E-state index in [1.54, 1.807) is 6.07 Å². The third kappa shape index (κ3) is 6.36. The minimum absolute atomic E-state index is 0. The molecular weight excluding hydrogens is 371 g/mol. The molecule has 27 heavy (non-hydrogen) atoms. The standard InChI is InChI=1S/C19H29FN4O2.ClH/c1-11(2)16(23-18(26)24-19(3,4)5)17(25)22-14-7-6-12-10-21-9-8-13(12)15(14)20;/h6-7,11,16,21H,8-10H2,1-5H3,(H,22,25)(H2,23,24,26);1H/t16-;/m0./s1. The lowest BCUT2D eigenvalue weighted by atomic mass is 9.99. The fourth-order valence-electron chi connectivity index (χ4n) is 2.89. The van der Waals surface area contributed by atoms with E-state index in [2.05, 4.69) is 21.3 Å². The Balaban J connectivity index is 0.00000364. The van der Waals surface area contributed by atoms with E-state index >= 15 is 0 Å². The van der Waals surface area contributed by atoms with E-state index in [9.17, 15) is 14.0 Å². The van der Waals surface area contributed by atoms with E-state index in [1.807, 2.05) is 40.7 Å². The van der Waals surface area contributed by atoms with E-state index in [1.165, 1.54) is 0 Å². The van der Waals surface area contributed by atoms with Crippen LogP contribution in [0.15, 0.2) is 12.1 Å². The molecule has 3 amide bonds. The predicted molar refractivity (Wildman–Crippen MR) is 108 cm³/mol. The first-order valence-electron chi connectivity index (χ1n) is 8.99. The Morgan fingerprint density at radius 3 is 2.48 bits per heavy atom. The highest BCUT2D eigenvalue weighted by Gasteiger charge is 2.27. The van der Waals surface area contributed by atoms with Crippen molar-refractivity contribution in [1.82, 2.24) is 16.0 Å². The van der Waals surface area contributed by atoms with Crippen LogP contribution >= 0.6 is 12.4 Å². The van der Waals surface area contributed by atoms with Crippen molar-refractivity contribution < 1.29 is 14.0 Å². The number of fused-ring (bicyclic) bond motifs is 1. The number of anilines is 1. The fraction of sp³-hybridized carbons (Fsp3) is 0.579. The highest BCUT2D eigenvalue weighted by atomic mass is 35.5. The number of hydrogen-bond acceptors (Lipinski definition) is 3. The van der Waals surface area contributed by atoms with Crippen LogP contribution in [0.1, 0.15) is 45.7 Å². The van der Waals surface area contributed by atoms with E-state index in [-0.39, 0.29) is 29.8 Å². The molecule has 0 radical (unpaired) electrons. The SMILES string of the molecule is CC(C)[C@H](NC(=O)NC(C)(C)C)C(=O)Nc1ccc2c(c1F)CCNC2.Cl. The summed E-state index contributed by atoms with van der Waals surface area (Å²) in [6.07, 6.45) is 0.588. The number of halogens is 2. The second-order valence-electron chi connectivity index (χ2n) is 8.05. The number of nitrogens with one attached hydrogen (secondary N) is 4. The van der Waals surface area contributed by atoms with Gasteiger partial charge >= 0.3 is 6.03 Å². The Hall–Kier alpha value is -1.86. The lowest BCUT2D eigenvalue weighted by Crippen LogP contribution is -2.54. The van der Waals surface area contributed by atoms with Gasteiger partial charge in [0.15, 0.2) is 0 Å². The molecule has 1 heterocycles. The van der Waals surface area contributed by atoms with Crippen molar-refractivity contribution in [2.24, 2.45) is 5.92 Å². The number of hydrogen-bond donors (Lipinski definition) is 4. The summed E-state index contributed by atoms with van der Waals surface area (Å²) >= 11 is 0. The molecule has 1 aromatic carbocycles. The third-order valence-corrected chi connectivity index (χ3v) is 4.19. The molecule has 0 unspecified atom stereocenters. The summed E-state index contributed by atoms with van der Waals surface area (Å²) in [6.45, 7) is 10.6. The van der Waals surface area contributed by atoms with Crippen LogP contribution in [-0.4, -0.2) is 30.1 Å². The summed E-state index contributed by atoms with van der Waals surface area (Å²) in [6, 6.07) is 2.20. The predicted octanol–water partition coefficient (Wildman–Crippen LogP) is 2.95. The van der Waals surface area contributed by atoms with E-state index in [4.69, 9.17) is 0 Å². The van der Waals surface area contributed by atoms with Gasteiger partial charge in [0.25, 0.3) is 0 Å². The molecule has 1 atom stereocenters. The van der Waals surface area contributed by atoms with Gasteiger partial charge in [-0.3, -0.25) is 4.79 Å². The molecule has 0 spiro atoms. The number of carbonyl (C=O) groups excluding carboxylic acids is 2. The molecule has 1 aromatic rings. The Kier molecular flexibility index (Phi) is 8.04. The Morgan fingerprint density at radius 2 is 1.89 bits per heavy atom. The van der Waals surface area contributed by atoms with Crippen molar-refractivity contribution in [2.45, 2.75) is 59.2 Å². The lowest BCUT2D eigenvalue weighted by Gasteiger charge is -2.26. The summed E-state index contributed by atoms with van der Waals surface area (Å²) in [7, 11) is 0. The second-order valence-corrected chi connectivity index (χ2v) is 8.05. The molecule has 4 N–H and O–H groups in total. The monoisotopic (exact) mass is 400 g/mol. The van der Waals surface area contributed by atoms with Crippen LogP contribution in [0.5, 0.6) is 0 Å². The summed E-state index contributed by atoms with van der Waals surface area (Å²) < 4.78 is 14.7. The van der Waals surface area contributed by atoms with Gasteiger partial charge in [0.2, 0.25) is 5.91 Å². The topological polar surface area (TPSA) is 82.3 Å². The number of rotatable bonds is 4. The smallest absolute Gasteiger partial charge is 0.315 e.